The molecule has 0 saturated carbocycles. The van der Waals surface area contributed by atoms with Gasteiger partial charge in [-0.05, 0) is 12.1 Å². The molecule has 0 aliphatic heterocycles. The van der Waals surface area contributed by atoms with E-state index in [1.165, 1.54) is 0 Å². The van der Waals surface area contributed by atoms with Crippen LogP contribution in [0.25, 0.3) is 10.9 Å². The van der Waals surface area contributed by atoms with Crippen LogP contribution in [0.1, 0.15) is 6.42 Å². The summed E-state index contributed by atoms with van der Waals surface area (Å²) in [5.74, 6) is -0.253. The first-order valence-electron chi connectivity index (χ1n) is 5.47. The molecule has 102 valence electrons. The predicted octanol–water partition coefficient (Wildman–Crippen LogP) is 1.59. The molecule has 0 spiro atoms. The Morgan fingerprint density at radius 3 is 2.89 bits per heavy atom. The molecule has 8 heteroatoms. The van der Waals surface area contributed by atoms with E-state index in [2.05, 4.69) is 15.5 Å². The molecule has 0 aliphatic rings. The fraction of sp³-hybridized carbons (Fsp3) is 0.273. The van der Waals surface area contributed by atoms with Gasteiger partial charge in [-0.15, -0.1) is 0 Å². The van der Waals surface area contributed by atoms with Crippen molar-refractivity contribution >= 4 is 44.1 Å². The van der Waals surface area contributed by atoms with Gasteiger partial charge in [-0.2, -0.15) is 5.10 Å². The van der Waals surface area contributed by atoms with Gasteiger partial charge in [0.1, 0.15) is 9.84 Å². The highest BCUT2D eigenvalue weighted by Gasteiger charge is 2.12. The number of aromatic amines is 1. The number of nitrogens with zero attached hydrogens (tertiary/aromatic N) is 1. The van der Waals surface area contributed by atoms with Crippen LogP contribution >= 0.6 is 11.6 Å². The van der Waals surface area contributed by atoms with Crippen molar-refractivity contribution in [3.63, 3.8) is 0 Å². The summed E-state index contributed by atoms with van der Waals surface area (Å²) >= 11 is 5.96. The summed E-state index contributed by atoms with van der Waals surface area (Å²) in [6, 6.07) is 5.21. The first kappa shape index (κ1) is 13.8. The first-order chi connectivity index (χ1) is 8.87. The molecular weight excluding hydrogens is 290 g/mol. The van der Waals surface area contributed by atoms with Crippen LogP contribution in [-0.2, 0) is 14.6 Å². The summed E-state index contributed by atoms with van der Waals surface area (Å²) in [4.78, 5) is 11.6. The zero-order valence-electron chi connectivity index (χ0n) is 10.1. The average molecular weight is 302 g/mol. The third-order valence-corrected chi connectivity index (χ3v) is 3.77. The van der Waals surface area contributed by atoms with E-state index >= 15 is 0 Å². The number of amides is 1. The molecular formula is C11H12ClN3O3S. The van der Waals surface area contributed by atoms with Crippen molar-refractivity contribution in [1.29, 1.82) is 0 Å². The smallest absolute Gasteiger partial charge is 0.226 e. The molecule has 0 aliphatic carbocycles. The van der Waals surface area contributed by atoms with Crippen molar-refractivity contribution in [2.45, 2.75) is 6.42 Å². The van der Waals surface area contributed by atoms with Crippen molar-refractivity contribution in [1.82, 2.24) is 10.2 Å². The van der Waals surface area contributed by atoms with Crippen LogP contribution in [0.4, 0.5) is 5.82 Å². The largest absolute Gasteiger partial charge is 0.309 e. The van der Waals surface area contributed by atoms with Gasteiger partial charge in [-0.3, -0.25) is 9.89 Å². The minimum Gasteiger partial charge on any atom is -0.309 e. The topological polar surface area (TPSA) is 91.9 Å². The van der Waals surface area contributed by atoms with Gasteiger partial charge in [0.15, 0.2) is 5.82 Å². The van der Waals surface area contributed by atoms with Gasteiger partial charge < -0.3 is 5.32 Å². The van der Waals surface area contributed by atoms with Crippen molar-refractivity contribution in [3.8, 4) is 0 Å². The number of halogens is 1. The number of anilines is 1. The molecule has 0 atom stereocenters. The van der Waals surface area contributed by atoms with Gasteiger partial charge in [0, 0.05) is 18.1 Å². The Kier molecular flexibility index (Phi) is 3.77. The molecule has 1 amide bonds. The molecule has 0 unspecified atom stereocenters. The monoisotopic (exact) mass is 301 g/mol. The summed E-state index contributed by atoms with van der Waals surface area (Å²) in [6.07, 6.45) is 0.984. The predicted molar refractivity (Wildman–Crippen MR) is 74.1 cm³/mol. The number of carbonyl (C=O) groups excluding carboxylic acids is 1. The molecule has 19 heavy (non-hydrogen) atoms. The van der Waals surface area contributed by atoms with Crippen molar-refractivity contribution < 1.29 is 13.2 Å². The summed E-state index contributed by atoms with van der Waals surface area (Å²) in [6.45, 7) is 0. The maximum absolute atomic E-state index is 11.6. The Bertz CT molecular complexity index is 724. The number of H-pyrrole nitrogens is 1. The normalized spacial score (nSPS) is 11.7. The Hall–Kier alpha value is -1.60. The lowest BCUT2D eigenvalue weighted by Gasteiger charge is -2.01. The Morgan fingerprint density at radius 2 is 2.21 bits per heavy atom. The average Bonchev–Trinajstić information content (AvgIpc) is 2.71. The maximum atomic E-state index is 11.6. The molecule has 1 aromatic heterocycles. The Morgan fingerprint density at radius 1 is 1.47 bits per heavy atom. The van der Waals surface area contributed by atoms with Crippen molar-refractivity contribution in [3.05, 3.63) is 23.2 Å². The summed E-state index contributed by atoms with van der Waals surface area (Å²) in [5.41, 5.74) is 0.627. The highest BCUT2D eigenvalue weighted by molar-refractivity contribution is 7.90. The third-order valence-electron chi connectivity index (χ3n) is 2.51. The van der Waals surface area contributed by atoms with E-state index in [0.29, 0.717) is 21.7 Å². The van der Waals surface area contributed by atoms with Crippen molar-refractivity contribution in [2.24, 2.45) is 0 Å². The van der Waals surface area contributed by atoms with E-state index < -0.39 is 15.7 Å². The third kappa shape index (κ3) is 3.45. The lowest BCUT2D eigenvalue weighted by molar-refractivity contribution is -0.115. The molecule has 2 aromatic rings. The van der Waals surface area contributed by atoms with E-state index in [0.717, 1.165) is 6.26 Å². The number of carbonyl (C=O) groups is 1. The van der Waals surface area contributed by atoms with Gasteiger partial charge in [0.2, 0.25) is 5.91 Å². The Labute approximate surface area is 115 Å². The lowest BCUT2D eigenvalue weighted by Crippen LogP contribution is -2.16. The molecule has 1 aromatic carbocycles. The molecule has 0 fully saturated rings. The van der Waals surface area contributed by atoms with Crippen molar-refractivity contribution in [2.75, 3.05) is 17.3 Å². The number of rotatable bonds is 4. The summed E-state index contributed by atoms with van der Waals surface area (Å²) in [5, 5.41) is 10.4. The van der Waals surface area contributed by atoms with Crippen LogP contribution in [-0.4, -0.2) is 36.5 Å². The number of aromatic nitrogens is 2. The standard InChI is InChI=1S/C11H12ClN3O3S/c1-19(17,18)6-5-9(16)13-11-7-3-2-4-8(12)10(7)14-15-11/h2-4H,5-6H2,1H3,(H2,13,14,15,16). The summed E-state index contributed by atoms with van der Waals surface area (Å²) in [7, 11) is -3.16. The van der Waals surface area contributed by atoms with Crippen LogP contribution < -0.4 is 5.32 Å². The number of hydrogen-bond donors (Lipinski definition) is 2. The number of para-hydroxylation sites is 1. The fourth-order valence-corrected chi connectivity index (χ4v) is 2.35. The van der Waals surface area contributed by atoms with E-state index in [1.54, 1.807) is 18.2 Å². The second-order valence-corrected chi connectivity index (χ2v) is 6.83. The van der Waals surface area contributed by atoms with Crippen LogP contribution in [0.15, 0.2) is 18.2 Å². The first-order valence-corrected chi connectivity index (χ1v) is 7.91. The van der Waals surface area contributed by atoms with Gasteiger partial charge >= 0.3 is 0 Å². The van der Waals surface area contributed by atoms with E-state index in [9.17, 15) is 13.2 Å². The molecule has 0 radical (unpaired) electrons. The molecule has 2 N–H and O–H groups in total. The number of sulfone groups is 1. The van der Waals surface area contributed by atoms with Crippen LogP contribution in [0.3, 0.4) is 0 Å². The molecule has 6 nitrogen and oxygen atoms in total. The lowest BCUT2D eigenvalue weighted by atomic mass is 10.2. The van der Waals surface area contributed by atoms with Gasteiger partial charge in [0.25, 0.3) is 0 Å². The van der Waals surface area contributed by atoms with Gasteiger partial charge in [-0.25, -0.2) is 8.42 Å². The highest BCUT2D eigenvalue weighted by Crippen LogP contribution is 2.26. The molecule has 1 heterocycles. The minimum atomic E-state index is -3.16. The maximum Gasteiger partial charge on any atom is 0.226 e. The number of benzene rings is 1. The SMILES string of the molecule is CS(=O)(=O)CCC(=O)Nc1n[nH]c2c(Cl)cccc12. The number of hydrogen-bond acceptors (Lipinski definition) is 4. The Balaban J connectivity index is 2.14. The zero-order chi connectivity index (χ0) is 14.0. The van der Waals surface area contributed by atoms with Crippen LogP contribution in [0.5, 0.6) is 0 Å². The number of fused-ring (bicyclic) bond motifs is 1. The van der Waals surface area contributed by atoms with Gasteiger partial charge in [-0.1, -0.05) is 17.7 Å². The van der Waals surface area contributed by atoms with Gasteiger partial charge in [0.05, 0.1) is 16.3 Å². The minimum absolute atomic E-state index is 0.103. The van der Waals surface area contributed by atoms with Crippen LogP contribution in [0, 0.1) is 0 Å². The van der Waals surface area contributed by atoms with Crippen LogP contribution in [0.2, 0.25) is 5.02 Å². The zero-order valence-corrected chi connectivity index (χ0v) is 11.7. The number of nitrogens with one attached hydrogen (secondary N) is 2. The molecule has 0 saturated heterocycles. The second-order valence-electron chi connectivity index (χ2n) is 4.16. The quantitative estimate of drug-likeness (QED) is 0.897. The van der Waals surface area contributed by atoms with E-state index in [1.807, 2.05) is 0 Å². The summed E-state index contributed by atoms with van der Waals surface area (Å²) < 4.78 is 22.0. The molecule has 2 rings (SSSR count). The highest BCUT2D eigenvalue weighted by atomic mass is 35.5. The molecule has 0 bridgehead atoms. The van der Waals surface area contributed by atoms with E-state index in [4.69, 9.17) is 11.6 Å². The fourth-order valence-electron chi connectivity index (χ4n) is 1.58. The second kappa shape index (κ2) is 5.18. The van der Waals surface area contributed by atoms with E-state index in [-0.39, 0.29) is 12.2 Å².